The first-order valence-electron chi connectivity index (χ1n) is 6.02. The van der Waals surface area contributed by atoms with Crippen LogP contribution in [-0.2, 0) is 11.2 Å². The van der Waals surface area contributed by atoms with Crippen LogP contribution in [-0.4, -0.2) is 29.0 Å². The lowest BCUT2D eigenvalue weighted by Crippen LogP contribution is -2.34. The van der Waals surface area contributed by atoms with Gasteiger partial charge in [0, 0.05) is 13.1 Å². The summed E-state index contributed by atoms with van der Waals surface area (Å²) < 4.78 is 0. The predicted molar refractivity (Wildman–Crippen MR) is 72.1 cm³/mol. The molecule has 3 heteroatoms. The summed E-state index contributed by atoms with van der Waals surface area (Å²) in [4.78, 5) is 13.2. The molecular weight excluding hydrogens is 226 g/mol. The summed E-state index contributed by atoms with van der Waals surface area (Å²) in [6, 6.07) is 7.30. The van der Waals surface area contributed by atoms with E-state index in [0.29, 0.717) is 0 Å². The summed E-state index contributed by atoms with van der Waals surface area (Å²) in [6.45, 7) is 3.67. The van der Waals surface area contributed by atoms with Gasteiger partial charge < -0.3 is 10.0 Å². The number of hydrogen-bond acceptors (Lipinski definition) is 2. The lowest BCUT2D eigenvalue weighted by atomic mass is 10.1. The third kappa shape index (κ3) is 4.14. The van der Waals surface area contributed by atoms with E-state index in [1.54, 1.807) is 31.0 Å². The van der Waals surface area contributed by atoms with Crippen molar-refractivity contribution >= 4 is 5.91 Å². The zero-order valence-electron chi connectivity index (χ0n) is 11.1. The number of amides is 1. The molecule has 3 nitrogen and oxygen atoms in total. The van der Waals surface area contributed by atoms with Crippen molar-refractivity contribution in [3.05, 3.63) is 29.8 Å². The molecule has 0 aliphatic carbocycles. The first kappa shape index (κ1) is 14.1. The maximum atomic E-state index is 11.6. The number of nitrogens with zero attached hydrogens (tertiary/aromatic N) is 1. The van der Waals surface area contributed by atoms with E-state index in [1.807, 2.05) is 19.1 Å². The van der Waals surface area contributed by atoms with Crippen LogP contribution in [0.25, 0.3) is 0 Å². The van der Waals surface area contributed by atoms with Crippen LogP contribution in [0, 0.1) is 11.8 Å². The van der Waals surface area contributed by atoms with Crippen molar-refractivity contribution < 1.29 is 9.90 Å². The zero-order valence-corrected chi connectivity index (χ0v) is 11.1. The summed E-state index contributed by atoms with van der Waals surface area (Å²) in [5.41, 5.74) is 1.15. The van der Waals surface area contributed by atoms with Gasteiger partial charge in [-0.05, 0) is 50.3 Å². The van der Waals surface area contributed by atoms with Crippen LogP contribution >= 0.6 is 0 Å². The predicted octanol–water partition coefficient (Wildman–Crippen LogP) is 2.20. The van der Waals surface area contributed by atoms with E-state index < -0.39 is 0 Å². The second kappa shape index (κ2) is 6.70. The maximum Gasteiger partial charge on any atom is 0.298 e. The molecule has 1 N–H and O–H groups in total. The van der Waals surface area contributed by atoms with E-state index in [0.717, 1.165) is 18.4 Å². The van der Waals surface area contributed by atoms with Crippen LogP contribution in [0.4, 0.5) is 0 Å². The standard InChI is InChI=1S/C15H19NO2/c1-4-5-15(18)16(3)12(2)6-7-13-8-10-14(17)11-9-13/h8-12,17H,6-7H2,1-3H3. The normalized spacial score (nSPS) is 11.3. The number of aryl methyl sites for hydroxylation is 1. The Morgan fingerprint density at radius 1 is 1.39 bits per heavy atom. The molecule has 1 aromatic rings. The number of benzene rings is 1. The quantitative estimate of drug-likeness (QED) is 0.826. The van der Waals surface area contributed by atoms with Crippen LogP contribution < -0.4 is 0 Å². The van der Waals surface area contributed by atoms with Crippen molar-refractivity contribution in [2.24, 2.45) is 0 Å². The molecule has 1 unspecified atom stereocenters. The Morgan fingerprint density at radius 2 is 2.00 bits per heavy atom. The highest BCUT2D eigenvalue weighted by atomic mass is 16.3. The van der Waals surface area contributed by atoms with Crippen molar-refractivity contribution in [3.63, 3.8) is 0 Å². The van der Waals surface area contributed by atoms with E-state index >= 15 is 0 Å². The molecule has 0 bridgehead atoms. The topological polar surface area (TPSA) is 40.5 Å². The number of aromatic hydroxyl groups is 1. The Kier molecular flexibility index (Phi) is 5.26. The zero-order chi connectivity index (χ0) is 13.5. The van der Waals surface area contributed by atoms with Crippen LogP contribution in [0.1, 0.15) is 25.8 Å². The van der Waals surface area contributed by atoms with Gasteiger partial charge in [0.2, 0.25) is 0 Å². The number of phenols is 1. The minimum absolute atomic E-state index is 0.143. The molecule has 1 aromatic carbocycles. The Hall–Kier alpha value is -1.95. The van der Waals surface area contributed by atoms with Crippen molar-refractivity contribution in [1.29, 1.82) is 0 Å². The van der Waals surface area contributed by atoms with E-state index in [2.05, 4.69) is 11.8 Å². The summed E-state index contributed by atoms with van der Waals surface area (Å²) >= 11 is 0. The van der Waals surface area contributed by atoms with Crippen LogP contribution in [0.5, 0.6) is 5.75 Å². The Bertz CT molecular complexity index is 454. The van der Waals surface area contributed by atoms with Gasteiger partial charge in [0.25, 0.3) is 5.91 Å². The van der Waals surface area contributed by atoms with Gasteiger partial charge in [-0.2, -0.15) is 0 Å². The minimum atomic E-state index is -0.143. The third-order valence-electron chi connectivity index (χ3n) is 3.00. The van der Waals surface area contributed by atoms with Crippen LogP contribution in [0.2, 0.25) is 0 Å². The number of rotatable bonds is 4. The third-order valence-corrected chi connectivity index (χ3v) is 3.00. The second-order valence-corrected chi connectivity index (χ2v) is 4.35. The number of phenolic OH excluding ortho intramolecular Hbond substituents is 1. The second-order valence-electron chi connectivity index (χ2n) is 4.35. The van der Waals surface area contributed by atoms with Gasteiger partial charge >= 0.3 is 0 Å². The lowest BCUT2D eigenvalue weighted by molar-refractivity contribution is -0.125. The Morgan fingerprint density at radius 3 is 2.56 bits per heavy atom. The molecule has 0 heterocycles. The molecule has 0 spiro atoms. The van der Waals surface area contributed by atoms with E-state index in [1.165, 1.54) is 0 Å². The van der Waals surface area contributed by atoms with Crippen LogP contribution in [0.15, 0.2) is 24.3 Å². The molecule has 0 aliphatic heterocycles. The highest BCUT2D eigenvalue weighted by Gasteiger charge is 2.13. The molecule has 0 aromatic heterocycles. The number of carbonyl (C=O) groups excluding carboxylic acids is 1. The number of carbonyl (C=O) groups is 1. The van der Waals surface area contributed by atoms with Gasteiger partial charge in [0.05, 0.1) is 0 Å². The summed E-state index contributed by atoms with van der Waals surface area (Å²) in [5, 5.41) is 9.19. The largest absolute Gasteiger partial charge is 0.508 e. The van der Waals surface area contributed by atoms with Gasteiger partial charge in [0.15, 0.2) is 0 Å². The molecule has 96 valence electrons. The molecule has 1 atom stereocenters. The highest BCUT2D eigenvalue weighted by Crippen LogP contribution is 2.13. The molecule has 0 fully saturated rings. The smallest absolute Gasteiger partial charge is 0.298 e. The summed E-state index contributed by atoms with van der Waals surface area (Å²) in [6.07, 6.45) is 1.75. The van der Waals surface area contributed by atoms with Crippen molar-refractivity contribution in [2.45, 2.75) is 32.7 Å². The molecule has 1 amide bonds. The molecule has 0 saturated heterocycles. The van der Waals surface area contributed by atoms with Crippen LogP contribution in [0.3, 0.4) is 0 Å². The lowest BCUT2D eigenvalue weighted by Gasteiger charge is -2.22. The van der Waals surface area contributed by atoms with Gasteiger partial charge in [-0.15, -0.1) is 0 Å². The van der Waals surface area contributed by atoms with E-state index in [-0.39, 0.29) is 17.7 Å². The van der Waals surface area contributed by atoms with Gasteiger partial charge in [-0.25, -0.2) is 0 Å². The first-order chi connectivity index (χ1) is 8.54. The fraction of sp³-hybridized carbons (Fsp3) is 0.400. The fourth-order valence-corrected chi connectivity index (χ4v) is 1.63. The minimum Gasteiger partial charge on any atom is -0.508 e. The summed E-state index contributed by atoms with van der Waals surface area (Å²) in [7, 11) is 1.77. The highest BCUT2D eigenvalue weighted by molar-refractivity contribution is 5.93. The molecule has 18 heavy (non-hydrogen) atoms. The number of hydrogen-bond donors (Lipinski definition) is 1. The molecular formula is C15H19NO2. The summed E-state index contributed by atoms with van der Waals surface area (Å²) in [5.74, 6) is 5.28. The van der Waals surface area contributed by atoms with Gasteiger partial charge in [-0.1, -0.05) is 18.1 Å². The molecule has 1 rings (SSSR count). The Balaban J connectivity index is 2.49. The first-order valence-corrected chi connectivity index (χ1v) is 6.02. The van der Waals surface area contributed by atoms with Crippen molar-refractivity contribution in [1.82, 2.24) is 4.90 Å². The fourth-order valence-electron chi connectivity index (χ4n) is 1.63. The molecule has 0 radical (unpaired) electrons. The molecule has 0 aliphatic rings. The van der Waals surface area contributed by atoms with E-state index in [9.17, 15) is 9.90 Å². The Labute approximate surface area is 108 Å². The SMILES string of the molecule is CC#CC(=O)N(C)C(C)CCc1ccc(O)cc1. The monoisotopic (exact) mass is 245 g/mol. The van der Waals surface area contributed by atoms with Crippen molar-refractivity contribution in [2.75, 3.05) is 7.05 Å². The average Bonchev–Trinajstić information content (AvgIpc) is 2.37. The maximum absolute atomic E-state index is 11.6. The van der Waals surface area contributed by atoms with Gasteiger partial charge in [0.1, 0.15) is 5.75 Å². The van der Waals surface area contributed by atoms with Crippen molar-refractivity contribution in [3.8, 4) is 17.6 Å². The van der Waals surface area contributed by atoms with E-state index in [4.69, 9.17) is 0 Å². The molecule has 0 saturated carbocycles. The average molecular weight is 245 g/mol. The van der Waals surface area contributed by atoms with Gasteiger partial charge in [-0.3, -0.25) is 4.79 Å².